The number of nitro groups is 1. The summed E-state index contributed by atoms with van der Waals surface area (Å²) in [5.74, 6) is -0.458. The Labute approximate surface area is 192 Å². The first-order chi connectivity index (χ1) is 15.5. The van der Waals surface area contributed by atoms with E-state index in [-0.39, 0.29) is 28.4 Å². The van der Waals surface area contributed by atoms with Crippen LogP contribution in [0.15, 0.2) is 78.9 Å². The lowest BCUT2D eigenvalue weighted by Crippen LogP contribution is -2.46. The number of halogens is 1. The fourth-order valence-corrected chi connectivity index (χ4v) is 4.58. The van der Waals surface area contributed by atoms with E-state index < -0.39 is 10.8 Å². The fourth-order valence-electron chi connectivity index (χ4n) is 4.33. The van der Waals surface area contributed by atoms with Gasteiger partial charge in [-0.15, -0.1) is 0 Å². The second-order valence-corrected chi connectivity index (χ2v) is 8.31. The number of amides is 1. The normalized spacial score (nSPS) is 14.9. The summed E-state index contributed by atoms with van der Waals surface area (Å²) in [6, 6.07) is 25.3. The number of nitrogens with zero attached hydrogens (tertiary/aromatic N) is 2. The van der Waals surface area contributed by atoms with Gasteiger partial charge < -0.3 is 5.32 Å². The van der Waals surface area contributed by atoms with E-state index in [0.717, 1.165) is 25.9 Å². The van der Waals surface area contributed by atoms with Crippen LogP contribution in [0.25, 0.3) is 0 Å². The minimum Gasteiger partial charge on any atom is -0.349 e. The van der Waals surface area contributed by atoms with Crippen LogP contribution in [-0.4, -0.2) is 34.9 Å². The fraction of sp³-hybridized carbons (Fsp3) is 0.240. The van der Waals surface area contributed by atoms with E-state index >= 15 is 0 Å². The Morgan fingerprint density at radius 3 is 2.03 bits per heavy atom. The zero-order valence-corrected chi connectivity index (χ0v) is 18.2. The molecular weight excluding hydrogens is 426 g/mol. The highest BCUT2D eigenvalue weighted by Crippen LogP contribution is 2.32. The van der Waals surface area contributed by atoms with Crippen molar-refractivity contribution in [2.75, 3.05) is 13.1 Å². The molecule has 1 N–H and O–H groups in total. The maximum atomic E-state index is 12.8. The van der Waals surface area contributed by atoms with E-state index in [9.17, 15) is 14.9 Å². The summed E-state index contributed by atoms with van der Waals surface area (Å²) in [4.78, 5) is 25.9. The molecule has 6 nitrogen and oxygen atoms in total. The van der Waals surface area contributed by atoms with Crippen molar-refractivity contribution in [2.24, 2.45) is 0 Å². The first-order valence-corrected chi connectivity index (χ1v) is 11.0. The van der Waals surface area contributed by atoms with Crippen molar-refractivity contribution < 1.29 is 9.72 Å². The Morgan fingerprint density at radius 2 is 1.50 bits per heavy atom. The van der Waals surface area contributed by atoms with Crippen LogP contribution in [0.3, 0.4) is 0 Å². The lowest BCUT2D eigenvalue weighted by Gasteiger charge is -2.38. The molecule has 3 aromatic rings. The van der Waals surface area contributed by atoms with Gasteiger partial charge in [0.15, 0.2) is 0 Å². The molecule has 1 fully saturated rings. The number of piperidine rings is 1. The molecular formula is C25H24ClN3O3. The predicted molar refractivity (Wildman–Crippen MR) is 125 cm³/mol. The Bertz CT molecular complexity index is 1040. The number of carbonyl (C=O) groups excluding carboxylic acids is 1. The third-order valence-corrected chi connectivity index (χ3v) is 6.18. The smallest absolute Gasteiger partial charge is 0.300 e. The van der Waals surface area contributed by atoms with Gasteiger partial charge in [-0.2, -0.15) is 0 Å². The number of carbonyl (C=O) groups is 1. The molecule has 0 spiro atoms. The van der Waals surface area contributed by atoms with Gasteiger partial charge in [0.25, 0.3) is 5.91 Å². The summed E-state index contributed by atoms with van der Waals surface area (Å²) in [6.07, 6.45) is 1.52. The van der Waals surface area contributed by atoms with E-state index in [1.165, 1.54) is 23.3 Å². The Hall–Kier alpha value is -3.22. The predicted octanol–water partition coefficient (Wildman–Crippen LogP) is 5.23. The van der Waals surface area contributed by atoms with Crippen LogP contribution in [0.4, 0.5) is 5.69 Å². The zero-order valence-electron chi connectivity index (χ0n) is 17.5. The molecule has 1 heterocycles. The molecule has 7 heteroatoms. The molecule has 0 aromatic heterocycles. The van der Waals surface area contributed by atoms with Crippen LogP contribution in [0.5, 0.6) is 0 Å². The number of benzene rings is 3. The van der Waals surface area contributed by atoms with Gasteiger partial charge in [-0.05, 0) is 36.1 Å². The number of likely N-dealkylation sites (tertiary alicyclic amines) is 1. The van der Waals surface area contributed by atoms with E-state index in [1.807, 2.05) is 12.1 Å². The van der Waals surface area contributed by atoms with Gasteiger partial charge in [0.1, 0.15) is 10.6 Å². The minimum absolute atomic E-state index is 0.00335. The van der Waals surface area contributed by atoms with E-state index in [2.05, 4.69) is 58.7 Å². The van der Waals surface area contributed by atoms with Gasteiger partial charge in [0.2, 0.25) is 0 Å². The van der Waals surface area contributed by atoms with Gasteiger partial charge in [-0.25, -0.2) is 0 Å². The number of hydrogen-bond donors (Lipinski definition) is 1. The van der Waals surface area contributed by atoms with Crippen molar-refractivity contribution in [2.45, 2.75) is 24.9 Å². The summed E-state index contributed by atoms with van der Waals surface area (Å²) in [5.41, 5.74) is 2.11. The lowest BCUT2D eigenvalue weighted by atomic mass is 9.94. The third-order valence-electron chi connectivity index (χ3n) is 5.87. The average Bonchev–Trinajstić information content (AvgIpc) is 2.81. The summed E-state index contributed by atoms with van der Waals surface area (Å²) in [6.45, 7) is 1.61. The number of hydrogen-bond acceptors (Lipinski definition) is 4. The van der Waals surface area contributed by atoms with Crippen molar-refractivity contribution >= 4 is 23.2 Å². The Morgan fingerprint density at radius 1 is 0.938 bits per heavy atom. The molecule has 164 valence electrons. The first kappa shape index (κ1) is 22.0. The van der Waals surface area contributed by atoms with Crippen molar-refractivity contribution in [1.29, 1.82) is 0 Å². The average molecular weight is 450 g/mol. The highest BCUT2D eigenvalue weighted by molar-refractivity contribution is 6.33. The maximum Gasteiger partial charge on any atom is 0.300 e. The third kappa shape index (κ3) is 4.82. The number of nitrogens with one attached hydrogen (secondary N) is 1. The molecule has 32 heavy (non-hydrogen) atoms. The van der Waals surface area contributed by atoms with Crippen LogP contribution >= 0.6 is 11.6 Å². The quantitative estimate of drug-likeness (QED) is 0.413. The number of para-hydroxylation sites is 1. The highest BCUT2D eigenvalue weighted by atomic mass is 35.5. The minimum atomic E-state index is -0.607. The van der Waals surface area contributed by atoms with Crippen LogP contribution in [-0.2, 0) is 0 Å². The van der Waals surface area contributed by atoms with Gasteiger partial charge >= 0.3 is 5.69 Å². The van der Waals surface area contributed by atoms with Crippen LogP contribution in [0, 0.1) is 10.1 Å². The number of rotatable bonds is 6. The topological polar surface area (TPSA) is 75.5 Å². The Balaban J connectivity index is 1.46. The van der Waals surface area contributed by atoms with Crippen molar-refractivity contribution in [1.82, 2.24) is 10.2 Å². The second kappa shape index (κ2) is 9.94. The zero-order chi connectivity index (χ0) is 22.5. The van der Waals surface area contributed by atoms with Gasteiger partial charge in [0.05, 0.1) is 11.0 Å². The molecule has 4 rings (SSSR count). The van der Waals surface area contributed by atoms with Crippen molar-refractivity contribution in [3.8, 4) is 0 Å². The monoisotopic (exact) mass is 449 g/mol. The first-order valence-electron chi connectivity index (χ1n) is 10.6. The van der Waals surface area contributed by atoms with E-state index in [0.29, 0.717) is 0 Å². The van der Waals surface area contributed by atoms with Crippen molar-refractivity contribution in [3.63, 3.8) is 0 Å². The largest absolute Gasteiger partial charge is 0.349 e. The molecule has 1 aliphatic rings. The molecule has 0 radical (unpaired) electrons. The molecule has 3 aromatic carbocycles. The second-order valence-electron chi connectivity index (χ2n) is 7.90. The summed E-state index contributed by atoms with van der Waals surface area (Å²) >= 11 is 5.95. The Kier molecular flexibility index (Phi) is 6.83. The summed E-state index contributed by atoms with van der Waals surface area (Å²) < 4.78 is 0. The SMILES string of the molecule is O=C(NC1CCN(C(c2ccccc2)c2ccccc2)CC1)c1cccc(Cl)c1[N+](=O)[O-]. The molecule has 0 aliphatic carbocycles. The van der Waals surface area contributed by atoms with E-state index in [1.54, 1.807) is 6.07 Å². The van der Waals surface area contributed by atoms with Gasteiger partial charge in [-0.3, -0.25) is 19.8 Å². The molecule has 0 atom stereocenters. The molecule has 0 saturated carbocycles. The molecule has 0 unspecified atom stereocenters. The molecule has 1 aliphatic heterocycles. The van der Waals surface area contributed by atoms with Crippen molar-refractivity contribution in [3.05, 3.63) is 111 Å². The highest BCUT2D eigenvalue weighted by Gasteiger charge is 2.30. The van der Waals surface area contributed by atoms with Crippen LogP contribution in [0.2, 0.25) is 5.02 Å². The standard InChI is InChI=1S/C25H24ClN3O3/c26-22-13-7-12-21(24(22)29(31)32)25(30)27-20-14-16-28(17-15-20)23(18-8-3-1-4-9-18)19-10-5-2-6-11-19/h1-13,20,23H,14-17H2,(H,27,30). The van der Waals surface area contributed by atoms with Gasteiger partial charge in [-0.1, -0.05) is 78.3 Å². The number of nitro benzene ring substituents is 1. The maximum absolute atomic E-state index is 12.8. The molecule has 1 amide bonds. The van der Waals surface area contributed by atoms with Gasteiger partial charge in [0, 0.05) is 19.1 Å². The van der Waals surface area contributed by atoms with Crippen LogP contribution in [0.1, 0.15) is 40.4 Å². The lowest BCUT2D eigenvalue weighted by molar-refractivity contribution is -0.385. The van der Waals surface area contributed by atoms with E-state index in [4.69, 9.17) is 11.6 Å². The van der Waals surface area contributed by atoms with Crippen LogP contribution < -0.4 is 5.32 Å². The molecule has 0 bridgehead atoms. The molecule has 1 saturated heterocycles. The summed E-state index contributed by atoms with van der Waals surface area (Å²) in [7, 11) is 0. The summed E-state index contributed by atoms with van der Waals surface area (Å²) in [5, 5.41) is 14.3.